The Morgan fingerprint density at radius 3 is 2.39 bits per heavy atom. The molecule has 1 aromatic heterocycles. The van der Waals surface area contributed by atoms with Crippen LogP contribution in [0, 0.1) is 10.1 Å². The zero-order valence-electron chi connectivity index (χ0n) is 14.7. The number of nitrogens with zero attached hydrogens (tertiary/aromatic N) is 3. The Bertz CT molecular complexity index is 1100. The Morgan fingerprint density at radius 2 is 1.64 bits per heavy atom. The molecular formula is C21H15N3O3S. The van der Waals surface area contributed by atoms with Gasteiger partial charge in [-0.1, -0.05) is 47.6 Å². The molecule has 7 heteroatoms. The first-order valence-electron chi connectivity index (χ1n) is 8.55. The number of hydrogen-bond acceptors (Lipinski definition) is 6. The van der Waals surface area contributed by atoms with Crippen LogP contribution in [0.5, 0.6) is 0 Å². The van der Waals surface area contributed by atoms with Gasteiger partial charge < -0.3 is 4.52 Å². The summed E-state index contributed by atoms with van der Waals surface area (Å²) in [6.45, 7) is 0. The Hall–Kier alpha value is -3.45. The molecule has 0 saturated heterocycles. The fourth-order valence-corrected chi connectivity index (χ4v) is 3.69. The van der Waals surface area contributed by atoms with Crippen LogP contribution in [0.3, 0.4) is 0 Å². The highest BCUT2D eigenvalue weighted by Crippen LogP contribution is 2.33. The summed E-state index contributed by atoms with van der Waals surface area (Å²) in [4.78, 5) is 15.9. The molecule has 0 saturated carbocycles. The van der Waals surface area contributed by atoms with Gasteiger partial charge in [0.2, 0.25) is 5.82 Å². The zero-order chi connectivity index (χ0) is 19.3. The molecule has 28 heavy (non-hydrogen) atoms. The lowest BCUT2D eigenvalue weighted by Crippen LogP contribution is -1.88. The molecule has 0 aliphatic heterocycles. The minimum absolute atomic E-state index is 0.0233. The van der Waals surface area contributed by atoms with E-state index in [0.717, 1.165) is 16.2 Å². The van der Waals surface area contributed by atoms with Gasteiger partial charge in [-0.05, 0) is 29.8 Å². The number of hydrogen-bond donors (Lipinski definition) is 0. The lowest BCUT2D eigenvalue weighted by Gasteiger charge is -2.05. The maximum atomic E-state index is 10.8. The van der Waals surface area contributed by atoms with Crippen LogP contribution >= 0.6 is 11.8 Å². The molecule has 0 aliphatic carbocycles. The van der Waals surface area contributed by atoms with Gasteiger partial charge in [-0.25, -0.2) is 0 Å². The van der Waals surface area contributed by atoms with Crippen LogP contribution in [0.1, 0.15) is 5.56 Å². The largest absolute Gasteiger partial charge is 0.334 e. The fourth-order valence-electron chi connectivity index (χ4n) is 2.69. The number of rotatable bonds is 6. The van der Waals surface area contributed by atoms with E-state index in [-0.39, 0.29) is 5.69 Å². The second-order valence-electron chi connectivity index (χ2n) is 6.00. The van der Waals surface area contributed by atoms with E-state index in [4.69, 9.17) is 4.52 Å². The highest BCUT2D eigenvalue weighted by atomic mass is 32.2. The normalized spacial score (nSPS) is 10.7. The average molecular weight is 389 g/mol. The summed E-state index contributed by atoms with van der Waals surface area (Å²) < 4.78 is 5.47. The molecule has 0 bridgehead atoms. The quantitative estimate of drug-likeness (QED) is 0.242. The topological polar surface area (TPSA) is 82.1 Å². The standard InChI is InChI=1S/C21H15N3O3S/c25-24(26)17-12-10-16(11-13-17)20-22-21(27-23-20)18-8-4-5-9-19(18)28-14-15-6-2-1-3-7-15/h1-13H,14H2. The van der Waals surface area contributed by atoms with Crippen molar-refractivity contribution in [2.45, 2.75) is 10.6 Å². The molecule has 0 aliphatic rings. The van der Waals surface area contributed by atoms with Crippen molar-refractivity contribution >= 4 is 17.4 Å². The molecule has 0 radical (unpaired) electrons. The van der Waals surface area contributed by atoms with Crippen molar-refractivity contribution in [2.75, 3.05) is 0 Å². The number of nitro benzene ring substituents is 1. The third-order valence-electron chi connectivity index (χ3n) is 4.12. The Kier molecular flexibility index (Phi) is 5.16. The lowest BCUT2D eigenvalue weighted by atomic mass is 10.2. The van der Waals surface area contributed by atoms with Crippen molar-refractivity contribution in [1.82, 2.24) is 10.1 Å². The van der Waals surface area contributed by atoms with Crippen molar-refractivity contribution in [3.63, 3.8) is 0 Å². The molecule has 138 valence electrons. The van der Waals surface area contributed by atoms with E-state index >= 15 is 0 Å². The van der Waals surface area contributed by atoms with Crippen molar-refractivity contribution in [1.29, 1.82) is 0 Å². The van der Waals surface area contributed by atoms with Gasteiger partial charge in [-0.3, -0.25) is 10.1 Å². The predicted octanol–water partition coefficient (Wildman–Crippen LogP) is 5.60. The first kappa shape index (κ1) is 17.9. The van der Waals surface area contributed by atoms with E-state index in [1.165, 1.54) is 17.7 Å². The predicted molar refractivity (Wildman–Crippen MR) is 108 cm³/mol. The molecule has 3 aromatic carbocycles. The SMILES string of the molecule is O=[N+]([O-])c1ccc(-c2noc(-c3ccccc3SCc3ccccc3)n2)cc1. The number of benzene rings is 3. The fraction of sp³-hybridized carbons (Fsp3) is 0.0476. The van der Waals surface area contributed by atoms with Crippen LogP contribution in [0.25, 0.3) is 22.8 Å². The van der Waals surface area contributed by atoms with Gasteiger partial charge in [0.25, 0.3) is 11.6 Å². The lowest BCUT2D eigenvalue weighted by molar-refractivity contribution is -0.384. The molecule has 0 spiro atoms. The Balaban J connectivity index is 1.57. The average Bonchev–Trinajstić information content (AvgIpc) is 3.23. The van der Waals surface area contributed by atoms with Gasteiger partial charge in [0.15, 0.2) is 0 Å². The van der Waals surface area contributed by atoms with Crippen molar-refractivity contribution < 1.29 is 9.45 Å². The van der Waals surface area contributed by atoms with Crippen molar-refractivity contribution in [3.05, 3.63) is 94.5 Å². The van der Waals surface area contributed by atoms with Crippen LogP contribution in [-0.4, -0.2) is 15.1 Å². The molecule has 4 rings (SSSR count). The summed E-state index contributed by atoms with van der Waals surface area (Å²) in [6.07, 6.45) is 0. The summed E-state index contributed by atoms with van der Waals surface area (Å²) in [5.41, 5.74) is 2.79. The van der Waals surface area contributed by atoms with Crippen LogP contribution in [-0.2, 0) is 5.75 Å². The molecular weight excluding hydrogens is 374 g/mol. The summed E-state index contributed by atoms with van der Waals surface area (Å²) in [5, 5.41) is 14.8. The molecule has 0 amide bonds. The van der Waals surface area contributed by atoms with Gasteiger partial charge >= 0.3 is 0 Å². The van der Waals surface area contributed by atoms with E-state index < -0.39 is 4.92 Å². The van der Waals surface area contributed by atoms with E-state index in [2.05, 4.69) is 22.3 Å². The van der Waals surface area contributed by atoms with Crippen LogP contribution < -0.4 is 0 Å². The van der Waals surface area contributed by atoms with E-state index in [0.29, 0.717) is 17.3 Å². The van der Waals surface area contributed by atoms with Crippen molar-refractivity contribution in [2.24, 2.45) is 0 Å². The van der Waals surface area contributed by atoms with E-state index in [9.17, 15) is 10.1 Å². The van der Waals surface area contributed by atoms with Gasteiger partial charge in [0.1, 0.15) is 0 Å². The van der Waals surface area contributed by atoms with Gasteiger partial charge in [0.05, 0.1) is 10.5 Å². The maximum Gasteiger partial charge on any atom is 0.269 e. The van der Waals surface area contributed by atoms with Gasteiger partial charge in [0, 0.05) is 28.3 Å². The molecule has 1 heterocycles. The number of nitro groups is 1. The minimum Gasteiger partial charge on any atom is -0.334 e. The monoisotopic (exact) mass is 389 g/mol. The summed E-state index contributed by atoms with van der Waals surface area (Å²) >= 11 is 1.70. The molecule has 0 unspecified atom stereocenters. The molecule has 0 fully saturated rings. The summed E-state index contributed by atoms with van der Waals surface area (Å²) in [7, 11) is 0. The van der Waals surface area contributed by atoms with Gasteiger partial charge in [-0.15, -0.1) is 11.8 Å². The first-order valence-corrected chi connectivity index (χ1v) is 9.54. The van der Waals surface area contributed by atoms with E-state index in [1.54, 1.807) is 23.9 Å². The highest BCUT2D eigenvalue weighted by molar-refractivity contribution is 7.98. The van der Waals surface area contributed by atoms with Crippen LogP contribution in [0.4, 0.5) is 5.69 Å². The smallest absolute Gasteiger partial charge is 0.269 e. The van der Waals surface area contributed by atoms with Gasteiger partial charge in [-0.2, -0.15) is 4.98 Å². The molecule has 0 N–H and O–H groups in total. The van der Waals surface area contributed by atoms with Crippen molar-refractivity contribution in [3.8, 4) is 22.8 Å². The first-order chi connectivity index (χ1) is 13.7. The highest BCUT2D eigenvalue weighted by Gasteiger charge is 2.15. The Labute approximate surface area is 165 Å². The number of thioether (sulfide) groups is 1. The molecule has 4 aromatic rings. The zero-order valence-corrected chi connectivity index (χ0v) is 15.5. The number of aromatic nitrogens is 2. The maximum absolute atomic E-state index is 10.8. The third-order valence-corrected chi connectivity index (χ3v) is 5.26. The van der Waals surface area contributed by atoms with Crippen LogP contribution in [0.15, 0.2) is 88.3 Å². The second kappa shape index (κ2) is 8.06. The summed E-state index contributed by atoms with van der Waals surface area (Å²) in [6, 6.07) is 24.2. The second-order valence-corrected chi connectivity index (χ2v) is 7.01. The molecule has 6 nitrogen and oxygen atoms in total. The van der Waals surface area contributed by atoms with E-state index in [1.807, 2.05) is 42.5 Å². The minimum atomic E-state index is -0.439. The Morgan fingerprint density at radius 1 is 0.929 bits per heavy atom. The third kappa shape index (κ3) is 3.94. The molecule has 0 atom stereocenters. The number of non-ortho nitro benzene ring substituents is 1. The van der Waals surface area contributed by atoms with Crippen LogP contribution in [0.2, 0.25) is 0 Å². The summed E-state index contributed by atoms with van der Waals surface area (Å²) in [5.74, 6) is 1.65.